The van der Waals surface area contributed by atoms with Crippen LogP contribution in [0.25, 0.3) is 0 Å². The molecule has 0 bridgehead atoms. The molecule has 1 saturated heterocycles. The number of thioether (sulfide) groups is 1. The van der Waals surface area contributed by atoms with Crippen LogP contribution in [0.1, 0.15) is 0 Å². The largest absolute Gasteiger partial charge is 0.415 e. The average Bonchev–Trinajstić information content (AvgIpc) is 2.15. The first-order valence-corrected chi connectivity index (χ1v) is 7.98. The molecule has 1 fully saturated rings. The number of alkyl halides is 3. The lowest BCUT2D eigenvalue weighted by Gasteiger charge is -2.35. The number of nitrogens with zero attached hydrogens (tertiary/aromatic N) is 1. The van der Waals surface area contributed by atoms with Gasteiger partial charge < -0.3 is 5.11 Å². The Bertz CT molecular complexity index is 358. The van der Waals surface area contributed by atoms with E-state index in [9.17, 15) is 21.6 Å². The lowest BCUT2D eigenvalue weighted by molar-refractivity contribution is -0.208. The van der Waals surface area contributed by atoms with E-state index >= 15 is 0 Å². The van der Waals surface area contributed by atoms with Crippen molar-refractivity contribution in [2.75, 3.05) is 30.9 Å². The fourth-order valence-corrected chi connectivity index (χ4v) is 4.50. The van der Waals surface area contributed by atoms with E-state index in [0.29, 0.717) is 5.75 Å². The third-order valence-corrected chi connectivity index (χ3v) is 5.16. The van der Waals surface area contributed by atoms with Gasteiger partial charge in [0.2, 0.25) is 0 Å². The molecule has 1 N–H and O–H groups in total. The van der Waals surface area contributed by atoms with Crippen LogP contribution in [0.4, 0.5) is 13.2 Å². The van der Waals surface area contributed by atoms with Crippen LogP contribution in [0.15, 0.2) is 0 Å². The van der Waals surface area contributed by atoms with E-state index in [-0.39, 0.29) is 12.3 Å². The number of hydrogen-bond acceptors (Lipinski definition) is 5. The van der Waals surface area contributed by atoms with E-state index in [2.05, 4.69) is 0 Å². The Morgan fingerprint density at radius 2 is 2.12 bits per heavy atom. The molecule has 17 heavy (non-hydrogen) atoms. The second-order valence-corrected chi connectivity index (χ2v) is 7.26. The van der Waals surface area contributed by atoms with Crippen molar-refractivity contribution in [1.29, 1.82) is 0 Å². The molecular formula is C8H14F3NO3S2. The summed E-state index contributed by atoms with van der Waals surface area (Å²) in [7, 11) is -3.44. The first-order valence-electron chi connectivity index (χ1n) is 4.88. The molecule has 1 aliphatic heterocycles. The number of aliphatic hydroxyl groups is 1. The Morgan fingerprint density at radius 1 is 1.53 bits per heavy atom. The summed E-state index contributed by atoms with van der Waals surface area (Å²) >= 11 is 1.38. The Kier molecular flexibility index (Phi) is 4.73. The molecule has 1 heterocycles. The maximum absolute atomic E-state index is 12.2. The van der Waals surface area contributed by atoms with Crippen LogP contribution in [-0.4, -0.2) is 66.9 Å². The van der Waals surface area contributed by atoms with Crippen LogP contribution in [0.3, 0.4) is 0 Å². The van der Waals surface area contributed by atoms with Crippen LogP contribution in [0.5, 0.6) is 0 Å². The van der Waals surface area contributed by atoms with Gasteiger partial charge in [0, 0.05) is 30.9 Å². The van der Waals surface area contributed by atoms with E-state index in [1.807, 2.05) is 0 Å². The van der Waals surface area contributed by atoms with Crippen LogP contribution in [-0.2, 0) is 9.84 Å². The highest BCUT2D eigenvalue weighted by Gasteiger charge is 2.42. The highest BCUT2D eigenvalue weighted by atomic mass is 32.2. The minimum atomic E-state index is -4.72. The molecule has 0 spiro atoms. The van der Waals surface area contributed by atoms with Crippen LogP contribution < -0.4 is 0 Å². The minimum Gasteiger partial charge on any atom is -0.382 e. The summed E-state index contributed by atoms with van der Waals surface area (Å²) in [6.45, 7) is -0.461. The van der Waals surface area contributed by atoms with Gasteiger partial charge in [-0.2, -0.15) is 24.9 Å². The molecule has 2 unspecified atom stereocenters. The monoisotopic (exact) mass is 293 g/mol. The normalized spacial score (nSPS) is 25.8. The predicted molar refractivity (Wildman–Crippen MR) is 59.6 cm³/mol. The molecule has 0 aromatic rings. The summed E-state index contributed by atoms with van der Waals surface area (Å²) in [4.78, 5) is 1.18. The Hall–Kier alpha value is 0.01000. The molecule has 0 amide bonds. The molecule has 0 saturated carbocycles. The topological polar surface area (TPSA) is 57.6 Å². The van der Waals surface area contributed by atoms with Crippen LogP contribution >= 0.6 is 11.8 Å². The maximum atomic E-state index is 12.2. The van der Waals surface area contributed by atoms with Crippen molar-refractivity contribution in [2.45, 2.75) is 17.7 Å². The molecule has 0 aromatic heterocycles. The van der Waals surface area contributed by atoms with Gasteiger partial charge in [-0.05, 0) is 0 Å². The third-order valence-electron chi connectivity index (χ3n) is 2.47. The van der Waals surface area contributed by atoms with Gasteiger partial charge in [0.15, 0.2) is 15.9 Å². The summed E-state index contributed by atoms with van der Waals surface area (Å²) in [5, 5.41) is 8.01. The quantitative estimate of drug-likeness (QED) is 0.812. The summed E-state index contributed by atoms with van der Waals surface area (Å²) in [5.74, 6) is 0.806. The van der Waals surface area contributed by atoms with Crippen molar-refractivity contribution in [2.24, 2.45) is 0 Å². The molecule has 1 aliphatic rings. The maximum Gasteiger partial charge on any atom is 0.415 e. The second kappa shape index (κ2) is 5.33. The minimum absolute atomic E-state index is 0.232. The summed E-state index contributed by atoms with van der Waals surface area (Å²) in [6, 6.07) is 0. The molecule has 1 rings (SSSR count). The van der Waals surface area contributed by atoms with Crippen molar-refractivity contribution < 1.29 is 26.7 Å². The standard InChI is InChI=1S/C8H14F3NO3S2/c1-17(14,15)7-5-16-3-2-12(7)4-6(13)8(9,10)11/h6-7,13H,2-5H2,1H3. The molecule has 2 atom stereocenters. The van der Waals surface area contributed by atoms with Crippen molar-refractivity contribution in [3.8, 4) is 0 Å². The second-order valence-electron chi connectivity index (χ2n) is 3.91. The fourth-order valence-electron chi connectivity index (χ4n) is 1.54. The fraction of sp³-hybridized carbons (Fsp3) is 1.00. The van der Waals surface area contributed by atoms with Gasteiger partial charge >= 0.3 is 6.18 Å². The molecule has 9 heteroatoms. The third kappa shape index (κ3) is 4.31. The molecule has 4 nitrogen and oxygen atoms in total. The van der Waals surface area contributed by atoms with Gasteiger partial charge in [0.1, 0.15) is 5.37 Å². The molecular weight excluding hydrogens is 279 g/mol. The first kappa shape index (κ1) is 15.1. The predicted octanol–water partition coefficient (Wildman–Crippen LogP) is 0.329. The van der Waals surface area contributed by atoms with Crippen LogP contribution in [0.2, 0.25) is 0 Å². The molecule has 0 radical (unpaired) electrons. The van der Waals surface area contributed by atoms with Gasteiger partial charge in [-0.1, -0.05) is 0 Å². The zero-order chi connectivity index (χ0) is 13.3. The van der Waals surface area contributed by atoms with Crippen molar-refractivity contribution >= 4 is 21.6 Å². The van der Waals surface area contributed by atoms with Crippen LogP contribution in [0, 0.1) is 0 Å². The Balaban J connectivity index is 2.73. The van der Waals surface area contributed by atoms with E-state index in [1.165, 1.54) is 16.7 Å². The number of aliphatic hydroxyl groups excluding tert-OH is 1. The van der Waals surface area contributed by atoms with Gasteiger partial charge in [0.25, 0.3) is 0 Å². The van der Waals surface area contributed by atoms with Gasteiger partial charge in [-0.15, -0.1) is 0 Å². The van der Waals surface area contributed by atoms with E-state index in [0.717, 1.165) is 6.26 Å². The first-order chi connectivity index (χ1) is 7.62. The molecule has 102 valence electrons. The summed E-state index contributed by atoms with van der Waals surface area (Å²) in [6.07, 6.45) is -6.22. The lowest BCUT2D eigenvalue weighted by atomic mass is 10.3. The average molecular weight is 293 g/mol. The Morgan fingerprint density at radius 3 is 2.59 bits per heavy atom. The number of β-amino-alcohol motifs (C(OH)–C–C–N with tert-alkyl or cyclic N) is 1. The number of hydrogen-bond donors (Lipinski definition) is 1. The van der Waals surface area contributed by atoms with E-state index < -0.39 is 34.0 Å². The molecule has 0 aliphatic carbocycles. The highest BCUT2D eigenvalue weighted by molar-refractivity contribution is 8.00. The Labute approximate surface area is 102 Å². The number of rotatable bonds is 3. The number of halogens is 3. The molecule has 0 aromatic carbocycles. The SMILES string of the molecule is CS(=O)(=O)C1CSCCN1CC(O)C(F)(F)F. The van der Waals surface area contributed by atoms with Crippen molar-refractivity contribution in [1.82, 2.24) is 4.90 Å². The van der Waals surface area contributed by atoms with E-state index in [4.69, 9.17) is 5.11 Å². The van der Waals surface area contributed by atoms with Gasteiger partial charge in [-0.25, -0.2) is 8.42 Å². The summed E-state index contributed by atoms with van der Waals surface area (Å²) < 4.78 is 59.4. The smallest absolute Gasteiger partial charge is 0.382 e. The zero-order valence-corrected chi connectivity index (χ0v) is 10.8. The number of sulfone groups is 1. The zero-order valence-electron chi connectivity index (χ0n) is 9.14. The van der Waals surface area contributed by atoms with Gasteiger partial charge in [0.05, 0.1) is 0 Å². The lowest BCUT2D eigenvalue weighted by Crippen LogP contribution is -2.52. The van der Waals surface area contributed by atoms with E-state index in [1.54, 1.807) is 0 Å². The van der Waals surface area contributed by atoms with Crippen molar-refractivity contribution in [3.05, 3.63) is 0 Å². The van der Waals surface area contributed by atoms with Crippen molar-refractivity contribution in [3.63, 3.8) is 0 Å². The van der Waals surface area contributed by atoms with Gasteiger partial charge in [-0.3, -0.25) is 4.90 Å². The highest BCUT2D eigenvalue weighted by Crippen LogP contribution is 2.25. The summed E-state index contributed by atoms with van der Waals surface area (Å²) in [5.41, 5.74) is 0.